The molecule has 0 aromatic heterocycles. The van der Waals surface area contributed by atoms with E-state index in [1.165, 1.54) is 11.6 Å². The van der Waals surface area contributed by atoms with Crippen LogP contribution in [0.25, 0.3) is 5.70 Å². The van der Waals surface area contributed by atoms with Gasteiger partial charge < -0.3 is 10.6 Å². The fourth-order valence-electron chi connectivity index (χ4n) is 3.07. The Kier molecular flexibility index (Phi) is 4.70. The molecule has 0 spiro atoms. The highest BCUT2D eigenvalue weighted by Gasteiger charge is 2.28. The molecular formula is C21H22N2O2. The summed E-state index contributed by atoms with van der Waals surface area (Å²) in [4.78, 5) is 24.5. The summed E-state index contributed by atoms with van der Waals surface area (Å²) in [7, 11) is 0. The molecule has 3 rings (SSSR count). The third-order valence-electron chi connectivity index (χ3n) is 4.21. The zero-order chi connectivity index (χ0) is 17.9. The van der Waals surface area contributed by atoms with Crippen molar-refractivity contribution in [3.63, 3.8) is 0 Å². The molecule has 2 aromatic carbocycles. The van der Waals surface area contributed by atoms with E-state index in [9.17, 15) is 9.59 Å². The van der Waals surface area contributed by atoms with Gasteiger partial charge >= 0.3 is 0 Å². The van der Waals surface area contributed by atoms with E-state index in [1.54, 1.807) is 0 Å². The first kappa shape index (κ1) is 17.0. The molecule has 2 N–H and O–H groups in total. The van der Waals surface area contributed by atoms with Crippen molar-refractivity contribution in [3.8, 4) is 0 Å². The number of carbonyl (C=O) groups excluding carboxylic acids is 2. The predicted molar refractivity (Wildman–Crippen MR) is 98.6 cm³/mol. The van der Waals surface area contributed by atoms with Gasteiger partial charge in [-0.3, -0.25) is 9.59 Å². The van der Waals surface area contributed by atoms with Crippen molar-refractivity contribution < 1.29 is 9.59 Å². The van der Waals surface area contributed by atoms with Gasteiger partial charge in [-0.1, -0.05) is 54.6 Å². The minimum Gasteiger partial charge on any atom is -0.379 e. The van der Waals surface area contributed by atoms with E-state index in [1.807, 2.05) is 48.5 Å². The van der Waals surface area contributed by atoms with Crippen LogP contribution in [0.15, 0.2) is 60.7 Å². The zero-order valence-electron chi connectivity index (χ0n) is 14.5. The molecule has 1 aliphatic rings. The van der Waals surface area contributed by atoms with Crippen molar-refractivity contribution in [3.05, 3.63) is 77.4 Å². The van der Waals surface area contributed by atoms with Crippen LogP contribution in [-0.4, -0.2) is 17.2 Å². The minimum absolute atomic E-state index is 0.166. The molecule has 4 heteroatoms. The molecule has 0 fully saturated rings. The lowest BCUT2D eigenvalue weighted by atomic mass is 9.85. The molecule has 0 saturated carbocycles. The maximum atomic E-state index is 12.3. The van der Waals surface area contributed by atoms with Gasteiger partial charge in [0.25, 0.3) is 5.91 Å². The normalized spacial score (nSPS) is 16.6. The van der Waals surface area contributed by atoms with E-state index in [4.69, 9.17) is 0 Å². The lowest BCUT2D eigenvalue weighted by molar-refractivity contribution is -0.135. The molecule has 128 valence electrons. The molecule has 1 heterocycles. The van der Waals surface area contributed by atoms with Crippen LogP contribution in [0, 0.1) is 0 Å². The summed E-state index contributed by atoms with van der Waals surface area (Å²) in [6.45, 7) is 4.50. The second-order valence-corrected chi connectivity index (χ2v) is 6.93. The quantitative estimate of drug-likeness (QED) is 0.668. The third kappa shape index (κ3) is 4.15. The predicted octanol–water partition coefficient (Wildman–Crippen LogP) is 2.84. The van der Waals surface area contributed by atoms with Crippen molar-refractivity contribution in [1.82, 2.24) is 10.6 Å². The highest BCUT2D eigenvalue weighted by Crippen LogP contribution is 2.29. The highest BCUT2D eigenvalue weighted by atomic mass is 16.2. The highest BCUT2D eigenvalue weighted by molar-refractivity contribution is 6.41. The zero-order valence-corrected chi connectivity index (χ0v) is 14.5. The number of hydrogen-bond donors (Lipinski definition) is 2. The van der Waals surface area contributed by atoms with Gasteiger partial charge in [-0.25, -0.2) is 0 Å². The Hall–Kier alpha value is -2.88. The Bertz CT molecular complexity index is 823. The van der Waals surface area contributed by atoms with Gasteiger partial charge in [0.2, 0.25) is 5.78 Å². The number of carbonyl (C=O) groups is 2. The van der Waals surface area contributed by atoms with Gasteiger partial charge in [0.15, 0.2) is 0 Å². The van der Waals surface area contributed by atoms with E-state index in [0.717, 1.165) is 17.5 Å². The van der Waals surface area contributed by atoms with Crippen molar-refractivity contribution in [2.24, 2.45) is 0 Å². The monoisotopic (exact) mass is 334 g/mol. The van der Waals surface area contributed by atoms with Crippen molar-refractivity contribution in [2.45, 2.75) is 32.4 Å². The molecule has 2 aromatic rings. The number of nitrogens with one attached hydrogen (secondary N) is 2. The smallest absolute Gasteiger partial charge is 0.292 e. The number of fused-ring (bicyclic) bond motifs is 1. The van der Waals surface area contributed by atoms with Gasteiger partial charge in [-0.15, -0.1) is 0 Å². The molecular weight excluding hydrogens is 312 g/mol. The van der Waals surface area contributed by atoms with Crippen molar-refractivity contribution in [2.75, 3.05) is 0 Å². The van der Waals surface area contributed by atoms with E-state index in [2.05, 4.69) is 30.5 Å². The molecule has 0 atom stereocenters. The lowest BCUT2D eigenvalue weighted by Gasteiger charge is -2.35. The molecule has 0 bridgehead atoms. The summed E-state index contributed by atoms with van der Waals surface area (Å²) in [5.41, 5.74) is 3.65. The topological polar surface area (TPSA) is 58.2 Å². The van der Waals surface area contributed by atoms with Crippen LogP contribution in [0.4, 0.5) is 0 Å². The van der Waals surface area contributed by atoms with Crippen LogP contribution in [-0.2, 0) is 22.6 Å². The summed E-state index contributed by atoms with van der Waals surface area (Å²) in [6, 6.07) is 17.5. The number of hydrogen-bond acceptors (Lipinski definition) is 3. The summed E-state index contributed by atoms with van der Waals surface area (Å²) in [6.07, 6.45) is 2.27. The molecule has 0 aliphatic carbocycles. The van der Waals surface area contributed by atoms with E-state index >= 15 is 0 Å². The van der Waals surface area contributed by atoms with E-state index in [-0.39, 0.29) is 5.54 Å². The average molecular weight is 334 g/mol. The summed E-state index contributed by atoms with van der Waals surface area (Å²) >= 11 is 0. The van der Waals surface area contributed by atoms with Crippen molar-refractivity contribution >= 4 is 17.4 Å². The number of ketones is 1. The van der Waals surface area contributed by atoms with Crippen LogP contribution < -0.4 is 10.6 Å². The van der Waals surface area contributed by atoms with Crippen LogP contribution in [0.1, 0.15) is 30.5 Å². The van der Waals surface area contributed by atoms with Gasteiger partial charge in [0.1, 0.15) is 0 Å². The van der Waals surface area contributed by atoms with E-state index in [0.29, 0.717) is 12.2 Å². The van der Waals surface area contributed by atoms with E-state index < -0.39 is 11.7 Å². The number of amides is 1. The van der Waals surface area contributed by atoms with Crippen LogP contribution >= 0.6 is 0 Å². The first-order chi connectivity index (χ1) is 11.9. The minimum atomic E-state index is -0.598. The maximum Gasteiger partial charge on any atom is 0.292 e. The summed E-state index contributed by atoms with van der Waals surface area (Å²) in [5, 5.41) is 6.04. The van der Waals surface area contributed by atoms with Crippen LogP contribution in [0.3, 0.4) is 0 Å². The molecule has 0 radical (unpaired) electrons. The molecule has 1 amide bonds. The van der Waals surface area contributed by atoms with Gasteiger partial charge in [-0.05, 0) is 31.4 Å². The standard InChI is InChI=1S/C21H22N2O2/c1-21(2)13-16-10-6-7-11-17(16)18(23-21)12-19(24)20(25)22-14-15-8-4-3-5-9-15/h3-12,23H,13-14H2,1-2H3,(H,22,25)/b18-12-. The lowest BCUT2D eigenvalue weighted by Crippen LogP contribution is -2.44. The molecule has 0 saturated heterocycles. The Morgan fingerprint density at radius 1 is 1.08 bits per heavy atom. The molecule has 1 aliphatic heterocycles. The Balaban J connectivity index is 1.75. The first-order valence-corrected chi connectivity index (χ1v) is 8.39. The Morgan fingerprint density at radius 2 is 1.76 bits per heavy atom. The largest absolute Gasteiger partial charge is 0.379 e. The second kappa shape index (κ2) is 6.93. The van der Waals surface area contributed by atoms with Gasteiger partial charge in [0, 0.05) is 29.4 Å². The number of rotatable bonds is 4. The molecule has 4 nitrogen and oxygen atoms in total. The summed E-state index contributed by atoms with van der Waals surface area (Å²) in [5.74, 6) is -1.15. The fourth-order valence-corrected chi connectivity index (χ4v) is 3.07. The SMILES string of the molecule is CC1(C)Cc2ccccc2/C(=C/C(=O)C(=O)NCc2ccccc2)N1. The van der Waals surface area contributed by atoms with Crippen LogP contribution in [0.5, 0.6) is 0 Å². The second-order valence-electron chi connectivity index (χ2n) is 6.93. The van der Waals surface area contributed by atoms with Gasteiger partial charge in [0.05, 0.1) is 0 Å². The van der Waals surface area contributed by atoms with Crippen LogP contribution in [0.2, 0.25) is 0 Å². The van der Waals surface area contributed by atoms with Gasteiger partial charge in [-0.2, -0.15) is 0 Å². The number of benzene rings is 2. The molecule has 25 heavy (non-hydrogen) atoms. The Morgan fingerprint density at radius 3 is 2.52 bits per heavy atom. The third-order valence-corrected chi connectivity index (χ3v) is 4.21. The first-order valence-electron chi connectivity index (χ1n) is 8.39. The van der Waals surface area contributed by atoms with Crippen molar-refractivity contribution in [1.29, 1.82) is 0 Å². The average Bonchev–Trinajstić information content (AvgIpc) is 2.59. The Labute approximate surface area is 148 Å². The fraction of sp³-hybridized carbons (Fsp3) is 0.238. The molecule has 0 unspecified atom stereocenters. The maximum absolute atomic E-state index is 12.3. The summed E-state index contributed by atoms with van der Waals surface area (Å²) < 4.78 is 0.